The Hall–Kier alpha value is -1.64. The molecule has 0 aliphatic heterocycles. The molecule has 0 bridgehead atoms. The van der Waals surface area contributed by atoms with Gasteiger partial charge in [-0.05, 0) is 28.9 Å². The van der Waals surface area contributed by atoms with E-state index in [-0.39, 0.29) is 23.2 Å². The van der Waals surface area contributed by atoms with Crippen LogP contribution < -0.4 is 0 Å². The maximum absolute atomic E-state index is 12.7. The van der Waals surface area contributed by atoms with Gasteiger partial charge in [0.05, 0.1) is 28.1 Å². The molecule has 0 aromatic carbocycles. The summed E-state index contributed by atoms with van der Waals surface area (Å²) in [4.78, 5) is 24.4. The summed E-state index contributed by atoms with van der Waals surface area (Å²) in [5.74, 6) is -0.643. The molecule has 0 N–H and O–H groups in total. The summed E-state index contributed by atoms with van der Waals surface area (Å²) in [6.07, 6.45) is -3.44. The van der Waals surface area contributed by atoms with Crippen molar-refractivity contribution >= 4 is 27.6 Å². The second-order valence-corrected chi connectivity index (χ2v) is 4.22. The quantitative estimate of drug-likeness (QED) is 0.468. The normalized spacial score (nSPS) is 10.6. The minimum atomic E-state index is -3.11. The van der Waals surface area contributed by atoms with Crippen molar-refractivity contribution in [1.29, 1.82) is 0 Å². The van der Waals surface area contributed by atoms with Crippen LogP contribution in [-0.2, 0) is 16.0 Å². The fourth-order valence-electron chi connectivity index (χ4n) is 1.36. The molecule has 1 aromatic heterocycles. The van der Waals surface area contributed by atoms with E-state index in [0.717, 1.165) is 6.07 Å². The molecule has 19 heavy (non-hydrogen) atoms. The van der Waals surface area contributed by atoms with Gasteiger partial charge < -0.3 is 4.74 Å². The van der Waals surface area contributed by atoms with Crippen molar-refractivity contribution in [3.8, 4) is 0 Å². The molecule has 1 rings (SSSR count). The Morgan fingerprint density at radius 2 is 2.26 bits per heavy atom. The van der Waals surface area contributed by atoms with Crippen LogP contribution in [0.5, 0.6) is 0 Å². The zero-order valence-corrected chi connectivity index (χ0v) is 11.3. The Bertz CT molecular complexity index is 511. The summed E-state index contributed by atoms with van der Waals surface area (Å²) in [6, 6.07) is 1.15. The van der Waals surface area contributed by atoms with Crippen LogP contribution in [0.2, 0.25) is 0 Å². The van der Waals surface area contributed by atoms with Crippen LogP contribution >= 0.6 is 15.9 Å². The van der Waals surface area contributed by atoms with Crippen molar-refractivity contribution in [2.24, 2.45) is 0 Å². The predicted octanol–water partition coefficient (Wildman–Crippen LogP) is 2.80. The third-order valence-electron chi connectivity index (χ3n) is 2.05. The number of halogens is 3. The summed E-state index contributed by atoms with van der Waals surface area (Å²) in [5.41, 5.74) is -1.80. The van der Waals surface area contributed by atoms with E-state index in [9.17, 15) is 23.7 Å². The van der Waals surface area contributed by atoms with Crippen molar-refractivity contribution in [2.45, 2.75) is 19.8 Å². The lowest BCUT2D eigenvalue weighted by atomic mass is 10.2. The number of carbonyl (C=O) groups is 1. The van der Waals surface area contributed by atoms with Crippen molar-refractivity contribution in [2.75, 3.05) is 6.61 Å². The highest BCUT2D eigenvalue weighted by Crippen LogP contribution is 2.34. The Kier molecular flexibility index (Phi) is 5.28. The van der Waals surface area contributed by atoms with Gasteiger partial charge in [0.15, 0.2) is 5.69 Å². The highest BCUT2D eigenvalue weighted by atomic mass is 79.9. The van der Waals surface area contributed by atoms with Crippen LogP contribution in [0.3, 0.4) is 0 Å². The van der Waals surface area contributed by atoms with Gasteiger partial charge in [-0.15, -0.1) is 0 Å². The number of carbonyl (C=O) groups excluding carboxylic acids is 1. The van der Waals surface area contributed by atoms with Gasteiger partial charge in [-0.25, -0.2) is 13.8 Å². The second kappa shape index (κ2) is 6.50. The molecule has 0 amide bonds. The number of rotatable bonds is 5. The molecule has 0 spiro atoms. The minimum absolute atomic E-state index is 0.0220. The van der Waals surface area contributed by atoms with E-state index in [1.165, 1.54) is 0 Å². The monoisotopic (exact) mass is 338 g/mol. The molecule has 1 aromatic rings. The first kappa shape index (κ1) is 15.4. The second-order valence-electron chi connectivity index (χ2n) is 3.37. The molecular formula is C10H9BrF2N2O4. The van der Waals surface area contributed by atoms with E-state index < -0.39 is 28.7 Å². The number of esters is 1. The Morgan fingerprint density at radius 1 is 1.63 bits per heavy atom. The number of nitrogens with zero attached hydrogens (tertiary/aromatic N) is 2. The number of hydrogen-bond acceptors (Lipinski definition) is 5. The molecule has 1 heterocycles. The summed E-state index contributed by atoms with van der Waals surface area (Å²) in [6.45, 7) is 1.75. The average molecular weight is 339 g/mol. The molecule has 0 saturated carbocycles. The fourth-order valence-corrected chi connectivity index (χ4v) is 1.97. The Morgan fingerprint density at radius 3 is 2.74 bits per heavy atom. The molecule has 6 nitrogen and oxygen atoms in total. The van der Waals surface area contributed by atoms with E-state index in [1.807, 2.05) is 0 Å². The number of nitro groups is 1. The SMILES string of the molecule is CCOC(=O)Cc1cc(Br)c([N+](=O)[O-])c(C(F)F)n1. The van der Waals surface area contributed by atoms with E-state index in [2.05, 4.69) is 25.7 Å². The molecule has 0 aliphatic rings. The maximum atomic E-state index is 12.7. The van der Waals surface area contributed by atoms with Crippen molar-refractivity contribution in [3.63, 3.8) is 0 Å². The van der Waals surface area contributed by atoms with Crippen LogP contribution in [0.25, 0.3) is 0 Å². The number of ether oxygens (including phenoxy) is 1. The van der Waals surface area contributed by atoms with E-state index >= 15 is 0 Å². The highest BCUT2D eigenvalue weighted by molar-refractivity contribution is 9.10. The van der Waals surface area contributed by atoms with Crippen molar-refractivity contribution in [3.05, 3.63) is 32.0 Å². The topological polar surface area (TPSA) is 82.3 Å². The lowest BCUT2D eigenvalue weighted by Crippen LogP contribution is -2.11. The molecular weight excluding hydrogens is 330 g/mol. The number of pyridine rings is 1. The molecule has 0 unspecified atom stereocenters. The number of aromatic nitrogens is 1. The summed E-state index contributed by atoms with van der Waals surface area (Å²) >= 11 is 2.83. The molecule has 0 saturated heterocycles. The average Bonchev–Trinajstić information content (AvgIpc) is 2.27. The van der Waals surface area contributed by atoms with Gasteiger partial charge in [-0.3, -0.25) is 14.9 Å². The predicted molar refractivity (Wildman–Crippen MR) is 63.9 cm³/mol. The number of hydrogen-bond donors (Lipinski definition) is 0. The lowest BCUT2D eigenvalue weighted by Gasteiger charge is -2.07. The zero-order valence-electron chi connectivity index (χ0n) is 9.73. The van der Waals surface area contributed by atoms with Crippen LogP contribution in [0.4, 0.5) is 14.5 Å². The van der Waals surface area contributed by atoms with Gasteiger partial charge in [0.25, 0.3) is 6.43 Å². The van der Waals surface area contributed by atoms with Gasteiger partial charge in [0, 0.05) is 0 Å². The molecule has 0 fully saturated rings. The van der Waals surface area contributed by atoms with Gasteiger partial charge in [0.1, 0.15) is 0 Å². The first-order chi connectivity index (χ1) is 8.86. The summed E-state index contributed by atoms with van der Waals surface area (Å²) in [5, 5.41) is 10.7. The Labute approximate surface area is 115 Å². The van der Waals surface area contributed by atoms with Gasteiger partial charge in [-0.2, -0.15) is 0 Å². The summed E-state index contributed by atoms with van der Waals surface area (Å²) in [7, 11) is 0. The zero-order chi connectivity index (χ0) is 14.6. The lowest BCUT2D eigenvalue weighted by molar-refractivity contribution is -0.387. The molecule has 104 valence electrons. The van der Waals surface area contributed by atoms with Gasteiger partial charge in [0.2, 0.25) is 0 Å². The number of alkyl halides is 2. The highest BCUT2D eigenvalue weighted by Gasteiger charge is 2.28. The summed E-state index contributed by atoms with van der Waals surface area (Å²) < 4.78 is 30.0. The minimum Gasteiger partial charge on any atom is -0.466 e. The first-order valence-electron chi connectivity index (χ1n) is 5.14. The van der Waals surface area contributed by atoms with Gasteiger partial charge >= 0.3 is 11.7 Å². The third kappa shape index (κ3) is 3.91. The van der Waals surface area contributed by atoms with Crippen LogP contribution in [0, 0.1) is 10.1 Å². The molecule has 0 aliphatic carbocycles. The molecule has 9 heteroatoms. The van der Waals surface area contributed by atoms with Gasteiger partial charge in [-0.1, -0.05) is 0 Å². The van der Waals surface area contributed by atoms with Crippen molar-refractivity contribution in [1.82, 2.24) is 4.98 Å². The molecule has 0 atom stereocenters. The largest absolute Gasteiger partial charge is 0.466 e. The van der Waals surface area contributed by atoms with E-state index in [4.69, 9.17) is 0 Å². The maximum Gasteiger partial charge on any atom is 0.311 e. The fraction of sp³-hybridized carbons (Fsp3) is 0.400. The first-order valence-corrected chi connectivity index (χ1v) is 5.93. The van der Waals surface area contributed by atoms with Crippen LogP contribution in [0.1, 0.15) is 24.7 Å². The molecule has 0 radical (unpaired) electrons. The third-order valence-corrected chi connectivity index (χ3v) is 2.65. The standard InChI is InChI=1S/C10H9BrF2N2O4/c1-2-19-7(16)4-5-3-6(11)9(15(17)18)8(14-5)10(12)13/h3,10H,2,4H2,1H3. The van der Waals surface area contributed by atoms with Crippen molar-refractivity contribution < 1.29 is 23.2 Å². The van der Waals surface area contributed by atoms with E-state index in [0.29, 0.717) is 0 Å². The van der Waals surface area contributed by atoms with Crippen LogP contribution in [-0.4, -0.2) is 22.5 Å². The van der Waals surface area contributed by atoms with Crippen LogP contribution in [0.15, 0.2) is 10.5 Å². The Balaban J connectivity index is 3.17. The van der Waals surface area contributed by atoms with E-state index in [1.54, 1.807) is 6.92 Å². The smallest absolute Gasteiger partial charge is 0.311 e.